The molecule has 3 N–H and O–H groups in total. The van der Waals surface area contributed by atoms with Crippen LogP contribution < -0.4 is 5.32 Å². The highest BCUT2D eigenvalue weighted by Gasteiger charge is 2.18. The number of amides is 2. The first kappa shape index (κ1) is 20.1. The number of carbonyl (C=O) groups is 3. The number of hydrogen-bond donors (Lipinski definition) is 3. The van der Waals surface area contributed by atoms with Crippen LogP contribution in [0.25, 0.3) is 0 Å². The van der Waals surface area contributed by atoms with E-state index in [0.29, 0.717) is 10.7 Å². The van der Waals surface area contributed by atoms with Crippen LogP contribution in [-0.4, -0.2) is 53.1 Å². The van der Waals surface area contributed by atoms with E-state index in [-0.39, 0.29) is 17.9 Å². The minimum Gasteiger partial charge on any atom is -0.508 e. The molecule has 0 saturated carbocycles. The first-order valence-electron chi connectivity index (χ1n) is 7.75. The summed E-state index contributed by atoms with van der Waals surface area (Å²) in [6.45, 7) is -0.888. The summed E-state index contributed by atoms with van der Waals surface area (Å²) in [5.41, 5.74) is 0.221. The van der Waals surface area contributed by atoms with Gasteiger partial charge in [0.2, 0.25) is 5.91 Å². The Kier molecular flexibility index (Phi) is 6.62. The van der Waals surface area contributed by atoms with Crippen molar-refractivity contribution >= 4 is 35.1 Å². The molecule has 0 saturated heterocycles. The second-order valence-corrected chi connectivity index (χ2v) is 5.96. The summed E-state index contributed by atoms with van der Waals surface area (Å²) in [5.74, 6) is -2.71. The highest BCUT2D eigenvalue weighted by Crippen LogP contribution is 2.23. The van der Waals surface area contributed by atoms with Gasteiger partial charge in [0.25, 0.3) is 5.91 Å². The molecule has 0 bridgehead atoms. The molecule has 0 radical (unpaired) electrons. The van der Waals surface area contributed by atoms with Crippen molar-refractivity contribution in [2.75, 3.05) is 25.5 Å². The monoisotopic (exact) mass is 392 g/mol. The van der Waals surface area contributed by atoms with Gasteiger partial charge in [-0.25, -0.2) is 4.79 Å². The molecule has 0 aromatic heterocycles. The van der Waals surface area contributed by atoms with E-state index in [2.05, 4.69) is 5.32 Å². The lowest BCUT2D eigenvalue weighted by atomic mass is 10.2. The summed E-state index contributed by atoms with van der Waals surface area (Å²) in [6.07, 6.45) is 0. The number of aromatic hydroxyl groups is 2. The van der Waals surface area contributed by atoms with Crippen molar-refractivity contribution in [2.45, 2.75) is 0 Å². The number of hydrogen-bond acceptors (Lipinski definition) is 6. The van der Waals surface area contributed by atoms with Crippen LogP contribution in [0.3, 0.4) is 0 Å². The Morgan fingerprint density at radius 3 is 2.52 bits per heavy atom. The quantitative estimate of drug-likeness (QED) is 0.647. The molecular formula is C18H17ClN2O6. The van der Waals surface area contributed by atoms with Crippen LogP contribution in [0.1, 0.15) is 10.4 Å². The molecule has 0 unspecified atom stereocenters. The summed E-state index contributed by atoms with van der Waals surface area (Å²) in [4.78, 5) is 37.0. The van der Waals surface area contributed by atoms with Crippen LogP contribution in [0.2, 0.25) is 5.02 Å². The van der Waals surface area contributed by atoms with Gasteiger partial charge in [-0.15, -0.1) is 0 Å². The van der Waals surface area contributed by atoms with Crippen LogP contribution >= 0.6 is 11.6 Å². The number of likely N-dealkylation sites (N-methyl/N-ethyl adjacent to an activating group) is 1. The van der Waals surface area contributed by atoms with Gasteiger partial charge in [-0.2, -0.15) is 0 Å². The maximum Gasteiger partial charge on any atom is 0.342 e. The lowest BCUT2D eigenvalue weighted by Gasteiger charge is -2.17. The summed E-state index contributed by atoms with van der Waals surface area (Å²) in [6, 6.07) is 9.99. The minimum atomic E-state index is -0.935. The van der Waals surface area contributed by atoms with Gasteiger partial charge in [0.15, 0.2) is 6.61 Å². The van der Waals surface area contributed by atoms with Crippen molar-refractivity contribution in [3.63, 3.8) is 0 Å². The van der Waals surface area contributed by atoms with E-state index in [1.165, 1.54) is 13.1 Å². The molecule has 0 fully saturated rings. The lowest BCUT2D eigenvalue weighted by molar-refractivity contribution is -0.136. The molecule has 2 amide bonds. The Labute approximate surface area is 159 Å². The number of nitrogens with one attached hydrogen (secondary N) is 1. The minimum absolute atomic E-state index is 0.195. The van der Waals surface area contributed by atoms with Crippen molar-refractivity contribution in [2.24, 2.45) is 0 Å². The number of anilines is 1. The number of nitrogens with zero attached hydrogens (tertiary/aromatic N) is 1. The average molecular weight is 393 g/mol. The Hall–Kier alpha value is -3.26. The van der Waals surface area contributed by atoms with E-state index >= 15 is 0 Å². The normalized spacial score (nSPS) is 10.1. The van der Waals surface area contributed by atoms with Crippen LogP contribution in [0, 0.1) is 0 Å². The van der Waals surface area contributed by atoms with Gasteiger partial charge in [0.1, 0.15) is 17.1 Å². The van der Waals surface area contributed by atoms with Crippen molar-refractivity contribution < 1.29 is 29.3 Å². The number of benzene rings is 2. The summed E-state index contributed by atoms with van der Waals surface area (Å²) >= 11 is 5.94. The number of para-hydroxylation sites is 1. The number of carbonyl (C=O) groups excluding carboxylic acids is 3. The van der Waals surface area contributed by atoms with Crippen molar-refractivity contribution in [3.05, 3.63) is 53.1 Å². The predicted octanol–water partition coefficient (Wildman–Crippen LogP) is 2.01. The maximum absolute atomic E-state index is 12.0. The number of esters is 1. The molecule has 9 heteroatoms. The summed E-state index contributed by atoms with van der Waals surface area (Å²) in [7, 11) is 1.38. The molecule has 142 valence electrons. The highest BCUT2D eigenvalue weighted by molar-refractivity contribution is 6.33. The Morgan fingerprint density at radius 2 is 1.85 bits per heavy atom. The van der Waals surface area contributed by atoms with Gasteiger partial charge >= 0.3 is 5.97 Å². The second kappa shape index (κ2) is 8.91. The number of rotatable bonds is 6. The third-order valence-electron chi connectivity index (χ3n) is 3.48. The fourth-order valence-electron chi connectivity index (χ4n) is 2.06. The smallest absolute Gasteiger partial charge is 0.342 e. The van der Waals surface area contributed by atoms with E-state index in [0.717, 1.165) is 17.0 Å². The molecule has 2 aromatic carbocycles. The van der Waals surface area contributed by atoms with Gasteiger partial charge in [0, 0.05) is 13.1 Å². The van der Waals surface area contributed by atoms with E-state index in [4.69, 9.17) is 16.3 Å². The molecule has 2 aromatic rings. The Bertz CT molecular complexity index is 871. The van der Waals surface area contributed by atoms with Crippen molar-refractivity contribution in [1.82, 2.24) is 4.90 Å². The van der Waals surface area contributed by atoms with Crippen LogP contribution in [0.15, 0.2) is 42.5 Å². The predicted molar refractivity (Wildman–Crippen MR) is 97.8 cm³/mol. The van der Waals surface area contributed by atoms with E-state index in [1.807, 2.05) is 0 Å². The van der Waals surface area contributed by atoms with Gasteiger partial charge in [-0.1, -0.05) is 23.7 Å². The molecule has 8 nitrogen and oxygen atoms in total. The Balaban J connectivity index is 1.85. The number of phenols is 2. The van der Waals surface area contributed by atoms with Crippen LogP contribution in [-0.2, 0) is 14.3 Å². The molecule has 0 aliphatic heterocycles. The fraction of sp³-hybridized carbons (Fsp3) is 0.167. The first-order valence-corrected chi connectivity index (χ1v) is 8.13. The fourth-order valence-corrected chi connectivity index (χ4v) is 2.25. The van der Waals surface area contributed by atoms with Crippen LogP contribution in [0.5, 0.6) is 11.5 Å². The molecule has 0 aliphatic carbocycles. The van der Waals surface area contributed by atoms with Crippen molar-refractivity contribution in [3.8, 4) is 11.5 Å². The summed E-state index contributed by atoms with van der Waals surface area (Å²) < 4.78 is 4.83. The second-order valence-electron chi connectivity index (χ2n) is 5.56. The molecule has 27 heavy (non-hydrogen) atoms. The Morgan fingerprint density at radius 1 is 1.15 bits per heavy atom. The van der Waals surface area contributed by atoms with E-state index in [1.54, 1.807) is 24.3 Å². The first-order chi connectivity index (χ1) is 12.8. The van der Waals surface area contributed by atoms with E-state index in [9.17, 15) is 24.6 Å². The zero-order valence-corrected chi connectivity index (χ0v) is 15.1. The third-order valence-corrected chi connectivity index (χ3v) is 3.81. The molecule has 0 aliphatic rings. The number of halogens is 1. The van der Waals surface area contributed by atoms with E-state index < -0.39 is 30.1 Å². The number of ether oxygens (including phenoxy) is 1. The largest absolute Gasteiger partial charge is 0.508 e. The standard InChI is InChI=1S/C18H17ClN2O6/c1-21(9-16(24)20-14-5-3-2-4-13(14)19)17(25)10-27-18(26)12-7-6-11(22)8-15(12)23/h2-8,22-23H,9-10H2,1H3,(H,20,24). The van der Waals surface area contributed by atoms with Crippen LogP contribution in [0.4, 0.5) is 5.69 Å². The zero-order chi connectivity index (χ0) is 20.0. The number of phenolic OH excluding ortho intramolecular Hbond substituents is 2. The van der Waals surface area contributed by atoms with Crippen molar-refractivity contribution in [1.29, 1.82) is 0 Å². The molecule has 0 heterocycles. The summed E-state index contributed by atoms with van der Waals surface area (Å²) in [5, 5.41) is 21.7. The highest BCUT2D eigenvalue weighted by atomic mass is 35.5. The topological polar surface area (TPSA) is 116 Å². The molecule has 2 rings (SSSR count). The third kappa shape index (κ3) is 5.61. The molecule has 0 atom stereocenters. The zero-order valence-electron chi connectivity index (χ0n) is 14.3. The van der Waals surface area contributed by atoms with Gasteiger partial charge < -0.3 is 25.2 Å². The molecular weight excluding hydrogens is 376 g/mol. The SMILES string of the molecule is CN(CC(=O)Nc1ccccc1Cl)C(=O)COC(=O)c1ccc(O)cc1O. The molecule has 0 spiro atoms. The lowest BCUT2D eigenvalue weighted by Crippen LogP contribution is -2.37. The van der Waals surface area contributed by atoms with Gasteiger partial charge in [-0.3, -0.25) is 9.59 Å². The van der Waals surface area contributed by atoms with Gasteiger partial charge in [-0.05, 0) is 24.3 Å². The van der Waals surface area contributed by atoms with Gasteiger partial charge in [0.05, 0.1) is 17.3 Å². The maximum atomic E-state index is 12.0. The average Bonchev–Trinajstić information content (AvgIpc) is 2.61.